The average molecular weight is 491 g/mol. The Morgan fingerprint density at radius 3 is 1.74 bits per heavy atom. The van der Waals surface area contributed by atoms with Gasteiger partial charge in [-0.2, -0.15) is 0 Å². The van der Waals surface area contributed by atoms with Crippen LogP contribution in [0.15, 0.2) is 132 Å². The van der Waals surface area contributed by atoms with E-state index in [4.69, 9.17) is 14.4 Å². The second-order valence-corrected chi connectivity index (χ2v) is 9.21. The minimum Gasteiger partial charge on any atom is -0.504 e. The Balaban J connectivity index is 1.31. The second kappa shape index (κ2) is 9.02. The summed E-state index contributed by atoms with van der Waals surface area (Å²) in [6.45, 7) is 0. The van der Waals surface area contributed by atoms with Crippen LogP contribution < -0.4 is 0 Å². The zero-order chi connectivity index (χ0) is 25.5. The topological polar surface area (TPSA) is 59.2 Å². The molecule has 0 amide bonds. The zero-order valence-corrected chi connectivity index (χ0v) is 20.4. The first kappa shape index (κ1) is 22.0. The van der Waals surface area contributed by atoms with Crippen molar-refractivity contribution in [3.8, 4) is 50.8 Å². The molecule has 0 spiro atoms. The SMILES string of the molecule is Oc1c(-c2ccc(-c3nc(-c4ccccc4)cc(-c4ccccc4)n3)cc2)ccc2c1oc1ccccc12. The number of fused-ring (bicyclic) bond motifs is 3. The number of para-hydroxylation sites is 1. The molecule has 1 N–H and O–H groups in total. The van der Waals surface area contributed by atoms with Crippen LogP contribution in [0.1, 0.15) is 0 Å². The van der Waals surface area contributed by atoms with E-state index in [1.807, 2.05) is 103 Å². The molecule has 0 aliphatic heterocycles. The van der Waals surface area contributed by atoms with E-state index in [2.05, 4.69) is 24.3 Å². The molecular weight excluding hydrogens is 468 g/mol. The third kappa shape index (κ3) is 3.80. The van der Waals surface area contributed by atoms with E-state index in [9.17, 15) is 5.11 Å². The summed E-state index contributed by atoms with van der Waals surface area (Å²) in [7, 11) is 0. The Morgan fingerprint density at radius 1 is 0.500 bits per heavy atom. The molecule has 0 bridgehead atoms. The lowest BCUT2D eigenvalue weighted by Crippen LogP contribution is -1.95. The lowest BCUT2D eigenvalue weighted by Gasteiger charge is -2.10. The Bertz CT molecular complexity index is 1850. The number of phenolic OH excluding ortho intramolecular Hbond substituents is 1. The summed E-state index contributed by atoms with van der Waals surface area (Å²) in [6.07, 6.45) is 0. The van der Waals surface area contributed by atoms with Crippen LogP contribution in [0.25, 0.3) is 67.0 Å². The summed E-state index contributed by atoms with van der Waals surface area (Å²) in [5.41, 5.74) is 7.56. The molecule has 7 aromatic rings. The van der Waals surface area contributed by atoms with Crippen molar-refractivity contribution >= 4 is 21.9 Å². The quantitative estimate of drug-likeness (QED) is 0.268. The number of hydrogen-bond donors (Lipinski definition) is 1. The molecule has 0 saturated heterocycles. The first-order valence-electron chi connectivity index (χ1n) is 12.5. The number of phenols is 1. The molecule has 4 heteroatoms. The van der Waals surface area contributed by atoms with Crippen molar-refractivity contribution in [1.29, 1.82) is 0 Å². The molecule has 0 saturated carbocycles. The van der Waals surface area contributed by atoms with Crippen LogP contribution in [-0.2, 0) is 0 Å². The number of aromatic nitrogens is 2. The highest BCUT2D eigenvalue weighted by atomic mass is 16.4. The standard InChI is InChI=1S/C34H22N2O2/c37-32-26(19-20-28-27-13-7-8-14-31(27)38-33(28)32)22-15-17-25(18-16-22)34-35-29(23-9-3-1-4-10-23)21-30(36-34)24-11-5-2-6-12-24/h1-21,37H. The Kier molecular flexibility index (Phi) is 5.22. The van der Waals surface area contributed by atoms with Gasteiger partial charge < -0.3 is 9.52 Å². The van der Waals surface area contributed by atoms with Crippen LogP contribution in [0, 0.1) is 0 Å². The van der Waals surface area contributed by atoms with Gasteiger partial charge in [-0.05, 0) is 29.8 Å². The Hall–Kier alpha value is -5.22. The van der Waals surface area contributed by atoms with Crippen LogP contribution in [0.5, 0.6) is 5.75 Å². The smallest absolute Gasteiger partial charge is 0.177 e. The van der Waals surface area contributed by atoms with Gasteiger partial charge in [-0.3, -0.25) is 0 Å². The van der Waals surface area contributed by atoms with Crippen molar-refractivity contribution in [3.63, 3.8) is 0 Å². The molecular formula is C34H22N2O2. The van der Waals surface area contributed by atoms with E-state index >= 15 is 0 Å². The summed E-state index contributed by atoms with van der Waals surface area (Å²) in [4.78, 5) is 9.82. The summed E-state index contributed by atoms with van der Waals surface area (Å²) in [5.74, 6) is 0.786. The molecule has 0 aliphatic carbocycles. The van der Waals surface area contributed by atoms with Gasteiger partial charge in [0.25, 0.3) is 0 Å². The number of hydrogen-bond acceptors (Lipinski definition) is 4. The molecule has 4 nitrogen and oxygen atoms in total. The third-order valence-electron chi connectivity index (χ3n) is 6.84. The highest BCUT2D eigenvalue weighted by Gasteiger charge is 2.16. The molecule has 5 aromatic carbocycles. The van der Waals surface area contributed by atoms with Gasteiger partial charge >= 0.3 is 0 Å². The maximum Gasteiger partial charge on any atom is 0.177 e. The summed E-state index contributed by atoms with van der Waals surface area (Å²) < 4.78 is 5.98. The van der Waals surface area contributed by atoms with Crippen LogP contribution in [-0.4, -0.2) is 15.1 Å². The van der Waals surface area contributed by atoms with Crippen molar-refractivity contribution in [2.45, 2.75) is 0 Å². The van der Waals surface area contributed by atoms with Gasteiger partial charge in [-0.25, -0.2) is 9.97 Å². The molecule has 7 rings (SSSR count). The molecule has 180 valence electrons. The van der Waals surface area contributed by atoms with Crippen molar-refractivity contribution in [3.05, 3.63) is 127 Å². The third-order valence-corrected chi connectivity index (χ3v) is 6.84. The van der Waals surface area contributed by atoms with Crippen molar-refractivity contribution in [1.82, 2.24) is 9.97 Å². The first-order valence-corrected chi connectivity index (χ1v) is 12.5. The number of benzene rings is 5. The van der Waals surface area contributed by atoms with Crippen molar-refractivity contribution < 1.29 is 9.52 Å². The molecule has 0 fully saturated rings. The minimum atomic E-state index is 0.139. The molecule has 0 radical (unpaired) electrons. The fourth-order valence-corrected chi connectivity index (χ4v) is 4.90. The monoisotopic (exact) mass is 490 g/mol. The molecule has 0 unspecified atom stereocenters. The van der Waals surface area contributed by atoms with Gasteiger partial charge in [0.15, 0.2) is 17.2 Å². The van der Waals surface area contributed by atoms with Crippen LogP contribution in [0.4, 0.5) is 0 Å². The first-order chi connectivity index (χ1) is 18.7. The maximum atomic E-state index is 11.1. The molecule has 0 aliphatic rings. The highest BCUT2D eigenvalue weighted by molar-refractivity contribution is 6.08. The van der Waals surface area contributed by atoms with Gasteiger partial charge in [-0.1, -0.05) is 103 Å². The maximum absolute atomic E-state index is 11.1. The fraction of sp³-hybridized carbons (Fsp3) is 0. The van der Waals surface area contributed by atoms with E-state index in [0.29, 0.717) is 17.0 Å². The van der Waals surface area contributed by atoms with E-state index in [-0.39, 0.29) is 5.75 Å². The normalized spacial score (nSPS) is 11.3. The van der Waals surface area contributed by atoms with Crippen LogP contribution in [0.2, 0.25) is 0 Å². The van der Waals surface area contributed by atoms with Gasteiger partial charge in [0, 0.05) is 33.0 Å². The Morgan fingerprint density at radius 2 is 1.08 bits per heavy atom. The summed E-state index contributed by atoms with van der Waals surface area (Å²) in [6, 6.07) is 42.0. The average Bonchev–Trinajstić information content (AvgIpc) is 3.38. The molecule has 0 atom stereocenters. The van der Waals surface area contributed by atoms with Crippen LogP contribution in [0.3, 0.4) is 0 Å². The van der Waals surface area contributed by atoms with Gasteiger partial charge in [0.2, 0.25) is 0 Å². The lowest BCUT2D eigenvalue weighted by molar-refractivity contribution is 0.470. The number of furan rings is 1. The van der Waals surface area contributed by atoms with Gasteiger partial charge in [0.1, 0.15) is 5.58 Å². The fourth-order valence-electron chi connectivity index (χ4n) is 4.90. The highest BCUT2D eigenvalue weighted by Crippen LogP contribution is 2.40. The van der Waals surface area contributed by atoms with Crippen LogP contribution >= 0.6 is 0 Å². The van der Waals surface area contributed by atoms with E-state index < -0.39 is 0 Å². The van der Waals surface area contributed by atoms with Gasteiger partial charge in [-0.15, -0.1) is 0 Å². The largest absolute Gasteiger partial charge is 0.504 e. The number of aromatic hydroxyl groups is 1. The number of rotatable bonds is 4. The molecule has 2 aromatic heterocycles. The van der Waals surface area contributed by atoms with E-state index in [1.165, 1.54) is 0 Å². The van der Waals surface area contributed by atoms with E-state index in [1.54, 1.807) is 0 Å². The second-order valence-electron chi connectivity index (χ2n) is 9.21. The molecule has 2 heterocycles. The van der Waals surface area contributed by atoms with Crippen molar-refractivity contribution in [2.24, 2.45) is 0 Å². The summed E-state index contributed by atoms with van der Waals surface area (Å²) >= 11 is 0. The Labute approximate surface area is 219 Å². The predicted octanol–water partition coefficient (Wildman–Crippen LogP) is 8.75. The summed E-state index contributed by atoms with van der Waals surface area (Å²) in [5, 5.41) is 13.0. The zero-order valence-electron chi connectivity index (χ0n) is 20.4. The van der Waals surface area contributed by atoms with E-state index in [0.717, 1.165) is 50.0 Å². The predicted molar refractivity (Wildman–Crippen MR) is 153 cm³/mol. The number of nitrogens with zero attached hydrogens (tertiary/aromatic N) is 2. The molecule has 38 heavy (non-hydrogen) atoms. The minimum absolute atomic E-state index is 0.139. The lowest BCUT2D eigenvalue weighted by atomic mass is 10.0. The van der Waals surface area contributed by atoms with Gasteiger partial charge in [0.05, 0.1) is 11.4 Å². The van der Waals surface area contributed by atoms with Crippen molar-refractivity contribution in [2.75, 3.05) is 0 Å².